The van der Waals surface area contributed by atoms with Gasteiger partial charge in [-0.3, -0.25) is 0 Å². The van der Waals surface area contributed by atoms with Gasteiger partial charge < -0.3 is 35.5 Å². The lowest BCUT2D eigenvalue weighted by molar-refractivity contribution is 0.0745. The molecule has 2 aromatic carbocycles. The van der Waals surface area contributed by atoms with Crippen molar-refractivity contribution in [2.24, 2.45) is 11.6 Å². The van der Waals surface area contributed by atoms with Crippen LogP contribution < -0.4 is 21.1 Å². The summed E-state index contributed by atoms with van der Waals surface area (Å²) >= 11 is 7.85. The lowest BCUT2D eigenvalue weighted by Crippen LogP contribution is -2.40. The highest BCUT2D eigenvalue weighted by Gasteiger charge is 2.24. The Hall–Kier alpha value is -1.76. The fraction of sp³-hybridized carbons (Fsp3) is 0.417. The van der Waals surface area contributed by atoms with Crippen molar-refractivity contribution in [1.29, 1.82) is 0 Å². The first-order valence-electron chi connectivity index (χ1n) is 10.7. The molecule has 0 aromatic heterocycles. The molecule has 2 atom stereocenters. The van der Waals surface area contributed by atoms with E-state index in [1.54, 1.807) is 0 Å². The number of ether oxygens (including phenoxy) is 2. The van der Waals surface area contributed by atoms with E-state index < -0.39 is 12.2 Å². The molecule has 0 aliphatic carbocycles. The Labute approximate surface area is 219 Å². The molecule has 188 valence electrons. The standard InChI is InChI=1S/C24H33ClIN3O5/c1-24(2,17-5-8-23(22(26)9-17)34-14-19(31)10-25)16-3-6-21(7-4-16)33-15-20(32)12-29(28)18(11-27)13-30/h3-9,11,19-20,30-32H,10,12-15,27-28H2,1-2H3. The van der Waals surface area contributed by atoms with Gasteiger partial charge >= 0.3 is 0 Å². The van der Waals surface area contributed by atoms with E-state index in [1.807, 2.05) is 36.4 Å². The van der Waals surface area contributed by atoms with Crippen LogP contribution in [0.15, 0.2) is 54.4 Å². The molecule has 7 N–H and O–H groups in total. The Morgan fingerprint density at radius 2 is 1.71 bits per heavy atom. The number of hydrazine groups is 1. The second-order valence-electron chi connectivity index (χ2n) is 8.35. The molecule has 0 saturated carbocycles. The van der Waals surface area contributed by atoms with Crippen LogP contribution in [0.2, 0.25) is 0 Å². The highest BCUT2D eigenvalue weighted by molar-refractivity contribution is 14.1. The number of aliphatic hydroxyl groups excluding tert-OH is 3. The zero-order valence-electron chi connectivity index (χ0n) is 19.3. The van der Waals surface area contributed by atoms with Gasteiger partial charge in [-0.2, -0.15) is 0 Å². The zero-order chi connectivity index (χ0) is 25.3. The van der Waals surface area contributed by atoms with Crippen molar-refractivity contribution in [2.45, 2.75) is 31.5 Å². The second-order valence-corrected chi connectivity index (χ2v) is 9.82. The Balaban J connectivity index is 2.00. The van der Waals surface area contributed by atoms with E-state index in [1.165, 1.54) is 11.2 Å². The number of hydrogen-bond donors (Lipinski definition) is 5. The molecule has 8 nitrogen and oxygen atoms in total. The third-order valence-electron chi connectivity index (χ3n) is 5.41. The molecule has 0 aliphatic heterocycles. The average Bonchev–Trinajstić information content (AvgIpc) is 2.82. The molecule has 10 heteroatoms. The van der Waals surface area contributed by atoms with Gasteiger partial charge in [0.05, 0.1) is 28.3 Å². The smallest absolute Gasteiger partial charge is 0.132 e. The van der Waals surface area contributed by atoms with Crippen LogP contribution in [-0.2, 0) is 5.41 Å². The Kier molecular flexibility index (Phi) is 11.2. The summed E-state index contributed by atoms with van der Waals surface area (Å²) in [5.41, 5.74) is 7.63. The maximum Gasteiger partial charge on any atom is 0.132 e. The second kappa shape index (κ2) is 13.4. The Morgan fingerprint density at radius 3 is 2.26 bits per heavy atom. The molecule has 0 heterocycles. The SMILES string of the molecule is CC(C)(c1ccc(OCC(O)CN(N)C(=CN)CO)cc1)c1ccc(OCC(O)CCl)c(I)c1. The minimum atomic E-state index is -0.865. The number of aliphatic hydroxyl groups is 3. The highest BCUT2D eigenvalue weighted by Crippen LogP contribution is 2.35. The van der Waals surface area contributed by atoms with Crippen molar-refractivity contribution < 1.29 is 24.8 Å². The van der Waals surface area contributed by atoms with Gasteiger partial charge in [0.1, 0.15) is 36.9 Å². The third-order valence-corrected chi connectivity index (χ3v) is 6.61. The lowest BCUT2D eigenvalue weighted by atomic mass is 9.78. The van der Waals surface area contributed by atoms with Crippen LogP contribution in [0.25, 0.3) is 0 Å². The Morgan fingerprint density at radius 1 is 1.09 bits per heavy atom. The van der Waals surface area contributed by atoms with Gasteiger partial charge in [0, 0.05) is 11.6 Å². The van der Waals surface area contributed by atoms with E-state index in [0.717, 1.165) is 14.7 Å². The number of nitrogens with two attached hydrogens (primary N) is 2. The van der Waals surface area contributed by atoms with Crippen LogP contribution in [0, 0.1) is 3.57 Å². The first-order valence-corrected chi connectivity index (χ1v) is 12.4. The summed E-state index contributed by atoms with van der Waals surface area (Å²) < 4.78 is 12.3. The molecule has 2 unspecified atom stereocenters. The average molecular weight is 606 g/mol. The summed E-state index contributed by atoms with van der Waals surface area (Å²) in [6.07, 6.45) is -0.372. The summed E-state index contributed by atoms with van der Waals surface area (Å²) in [5, 5.41) is 30.1. The van der Waals surface area contributed by atoms with Gasteiger partial charge in [0.25, 0.3) is 0 Å². The van der Waals surface area contributed by atoms with Crippen LogP contribution in [0.5, 0.6) is 11.5 Å². The van der Waals surface area contributed by atoms with E-state index in [-0.39, 0.29) is 37.7 Å². The van der Waals surface area contributed by atoms with Gasteiger partial charge in [-0.05, 0) is 58.0 Å². The van der Waals surface area contributed by atoms with Gasteiger partial charge in [0.2, 0.25) is 0 Å². The Bertz CT molecular complexity index is 943. The van der Waals surface area contributed by atoms with Gasteiger partial charge in [-0.25, -0.2) is 5.84 Å². The largest absolute Gasteiger partial charge is 0.491 e. The molecular formula is C24H33ClIN3O5. The minimum absolute atomic E-state index is 0.0395. The summed E-state index contributed by atoms with van der Waals surface area (Å²) in [4.78, 5) is 0. The van der Waals surface area contributed by atoms with Crippen molar-refractivity contribution in [1.82, 2.24) is 5.01 Å². The monoisotopic (exact) mass is 605 g/mol. The highest BCUT2D eigenvalue weighted by atomic mass is 127. The molecule has 0 radical (unpaired) electrons. The van der Waals surface area contributed by atoms with Crippen molar-refractivity contribution in [3.8, 4) is 11.5 Å². The van der Waals surface area contributed by atoms with Crippen LogP contribution in [0.3, 0.4) is 0 Å². The molecule has 0 bridgehead atoms. The molecule has 0 saturated heterocycles. The van der Waals surface area contributed by atoms with Gasteiger partial charge in [-0.15, -0.1) is 11.6 Å². The fourth-order valence-corrected chi connectivity index (χ4v) is 3.96. The zero-order valence-corrected chi connectivity index (χ0v) is 22.2. The summed E-state index contributed by atoms with van der Waals surface area (Å²) in [6.45, 7) is 4.21. The van der Waals surface area contributed by atoms with Crippen molar-refractivity contribution in [3.63, 3.8) is 0 Å². The predicted octanol–water partition coefficient (Wildman–Crippen LogP) is 2.30. The van der Waals surface area contributed by atoms with Crippen molar-refractivity contribution in [2.75, 3.05) is 32.2 Å². The van der Waals surface area contributed by atoms with Crippen molar-refractivity contribution >= 4 is 34.2 Å². The molecule has 0 fully saturated rings. The number of benzene rings is 2. The summed E-state index contributed by atoms with van der Waals surface area (Å²) in [7, 11) is 0. The molecule has 2 rings (SSSR count). The third kappa shape index (κ3) is 7.89. The van der Waals surface area contributed by atoms with E-state index in [2.05, 4.69) is 42.5 Å². The first-order chi connectivity index (χ1) is 16.1. The minimum Gasteiger partial charge on any atom is -0.491 e. The normalized spacial score (nSPS) is 13.9. The van der Waals surface area contributed by atoms with E-state index in [4.69, 9.17) is 32.7 Å². The quantitative estimate of drug-likeness (QED) is 0.102. The summed E-state index contributed by atoms with van der Waals surface area (Å²) in [6, 6.07) is 13.7. The number of nitrogens with zero attached hydrogens (tertiary/aromatic N) is 1. The number of hydrogen-bond acceptors (Lipinski definition) is 8. The fourth-order valence-electron chi connectivity index (χ4n) is 3.20. The molecule has 0 aliphatic rings. The van der Waals surface area contributed by atoms with E-state index >= 15 is 0 Å². The van der Waals surface area contributed by atoms with Crippen LogP contribution in [-0.4, -0.2) is 64.8 Å². The molecule has 0 amide bonds. The molecular weight excluding hydrogens is 573 g/mol. The van der Waals surface area contributed by atoms with Gasteiger partial charge in [-0.1, -0.05) is 32.0 Å². The summed E-state index contributed by atoms with van der Waals surface area (Å²) in [5.74, 6) is 7.22. The molecule has 0 spiro atoms. The number of rotatable bonds is 13. The maximum absolute atomic E-state index is 10.2. The van der Waals surface area contributed by atoms with Crippen LogP contribution in [0.4, 0.5) is 0 Å². The van der Waals surface area contributed by atoms with Crippen LogP contribution >= 0.6 is 34.2 Å². The number of alkyl halides is 1. The molecule has 34 heavy (non-hydrogen) atoms. The maximum atomic E-state index is 10.2. The van der Waals surface area contributed by atoms with E-state index in [0.29, 0.717) is 17.2 Å². The molecule has 2 aromatic rings. The number of halogens is 2. The topological polar surface area (TPSA) is 134 Å². The van der Waals surface area contributed by atoms with Crippen LogP contribution in [0.1, 0.15) is 25.0 Å². The lowest BCUT2D eigenvalue weighted by Gasteiger charge is -2.27. The first kappa shape index (κ1) is 28.5. The van der Waals surface area contributed by atoms with Crippen molar-refractivity contribution in [3.05, 3.63) is 69.1 Å². The predicted molar refractivity (Wildman–Crippen MR) is 142 cm³/mol. The van der Waals surface area contributed by atoms with Gasteiger partial charge in [0.15, 0.2) is 0 Å². The van der Waals surface area contributed by atoms with E-state index in [9.17, 15) is 15.3 Å².